The van der Waals surface area contributed by atoms with E-state index in [-0.39, 0.29) is 0 Å². The molecule has 17 heavy (non-hydrogen) atoms. The van der Waals surface area contributed by atoms with E-state index in [9.17, 15) is 0 Å². The predicted octanol–water partition coefficient (Wildman–Crippen LogP) is 1.23. The molecular weight excluding hydrogens is 216 g/mol. The molecule has 96 valence electrons. The molecule has 0 aliphatic carbocycles. The van der Waals surface area contributed by atoms with Gasteiger partial charge in [0.25, 0.3) is 0 Å². The number of hydrogen-bond donors (Lipinski definition) is 2. The van der Waals surface area contributed by atoms with Gasteiger partial charge < -0.3 is 15.4 Å². The van der Waals surface area contributed by atoms with Gasteiger partial charge in [0.2, 0.25) is 5.88 Å². The topological polar surface area (TPSA) is 51.1 Å². The highest BCUT2D eigenvalue weighted by Gasteiger charge is 2.31. The average Bonchev–Trinajstić information content (AvgIpc) is 2.94. The van der Waals surface area contributed by atoms with Gasteiger partial charge in [-0.25, -0.2) is 4.68 Å². The van der Waals surface area contributed by atoms with Crippen LogP contribution in [0.25, 0.3) is 0 Å². The van der Waals surface area contributed by atoms with Gasteiger partial charge in [0.15, 0.2) is 5.82 Å². The quantitative estimate of drug-likeness (QED) is 0.810. The molecule has 5 heteroatoms. The van der Waals surface area contributed by atoms with Gasteiger partial charge in [-0.05, 0) is 19.4 Å². The van der Waals surface area contributed by atoms with Crippen molar-refractivity contribution < 1.29 is 4.74 Å². The highest BCUT2D eigenvalue weighted by atomic mass is 16.5. The predicted molar refractivity (Wildman–Crippen MR) is 68.5 cm³/mol. The maximum atomic E-state index is 5.20. The third-order valence-corrected chi connectivity index (χ3v) is 3.77. The Morgan fingerprint density at radius 3 is 3.00 bits per heavy atom. The standard InChI is InChI=1S/C12H22N4O/c1-4-12(5-6-13-8-12)9-14-10-7-11(17-3)16(2)15-10/h7,13H,4-6,8-9H2,1-3H3,(H,14,15). The zero-order valence-electron chi connectivity index (χ0n) is 10.9. The highest BCUT2D eigenvalue weighted by molar-refractivity contribution is 5.38. The average molecular weight is 238 g/mol. The van der Waals surface area contributed by atoms with E-state index in [0.29, 0.717) is 5.41 Å². The SMILES string of the molecule is CCC1(CNc2cc(OC)n(C)n2)CCNC1. The molecule has 1 saturated heterocycles. The van der Waals surface area contributed by atoms with Crippen LogP contribution in [0.4, 0.5) is 5.82 Å². The van der Waals surface area contributed by atoms with Crippen LogP contribution in [-0.4, -0.2) is 36.5 Å². The summed E-state index contributed by atoms with van der Waals surface area (Å²) in [5.41, 5.74) is 0.380. The Morgan fingerprint density at radius 2 is 2.47 bits per heavy atom. The monoisotopic (exact) mass is 238 g/mol. The second kappa shape index (κ2) is 4.96. The highest BCUT2D eigenvalue weighted by Crippen LogP contribution is 2.29. The molecule has 0 bridgehead atoms. The molecule has 1 aliphatic rings. The molecule has 0 amide bonds. The molecule has 0 saturated carbocycles. The van der Waals surface area contributed by atoms with Crippen molar-refractivity contribution in [3.05, 3.63) is 6.07 Å². The van der Waals surface area contributed by atoms with E-state index in [2.05, 4.69) is 22.7 Å². The molecule has 1 aliphatic heterocycles. The Morgan fingerprint density at radius 1 is 1.65 bits per heavy atom. The number of methoxy groups -OCH3 is 1. The summed E-state index contributed by atoms with van der Waals surface area (Å²) >= 11 is 0. The second-order valence-electron chi connectivity index (χ2n) is 4.83. The minimum Gasteiger partial charge on any atom is -0.481 e. The summed E-state index contributed by atoms with van der Waals surface area (Å²) in [4.78, 5) is 0. The Balaban J connectivity index is 1.96. The van der Waals surface area contributed by atoms with Crippen molar-refractivity contribution in [2.24, 2.45) is 12.5 Å². The zero-order valence-corrected chi connectivity index (χ0v) is 10.9. The van der Waals surface area contributed by atoms with E-state index in [1.807, 2.05) is 13.1 Å². The van der Waals surface area contributed by atoms with Crippen molar-refractivity contribution >= 4 is 5.82 Å². The van der Waals surface area contributed by atoms with Crippen LogP contribution in [0.1, 0.15) is 19.8 Å². The first-order valence-electron chi connectivity index (χ1n) is 6.22. The molecule has 2 N–H and O–H groups in total. The van der Waals surface area contributed by atoms with Gasteiger partial charge in [0.05, 0.1) is 7.11 Å². The van der Waals surface area contributed by atoms with Crippen LogP contribution >= 0.6 is 0 Å². The van der Waals surface area contributed by atoms with Gasteiger partial charge in [0, 0.05) is 31.6 Å². The van der Waals surface area contributed by atoms with Crippen LogP contribution in [0.3, 0.4) is 0 Å². The Hall–Kier alpha value is -1.23. The number of aromatic nitrogens is 2. The maximum Gasteiger partial charge on any atom is 0.213 e. The summed E-state index contributed by atoms with van der Waals surface area (Å²) in [6.07, 6.45) is 2.43. The van der Waals surface area contributed by atoms with Crippen LogP contribution in [0, 0.1) is 5.41 Å². The van der Waals surface area contributed by atoms with Gasteiger partial charge in [0.1, 0.15) is 0 Å². The first-order chi connectivity index (χ1) is 8.19. The Bertz CT molecular complexity index is 369. The van der Waals surface area contributed by atoms with Crippen LogP contribution in [-0.2, 0) is 7.05 Å². The number of ether oxygens (including phenoxy) is 1. The normalized spacial score (nSPS) is 23.9. The summed E-state index contributed by atoms with van der Waals surface area (Å²) in [7, 11) is 3.55. The number of rotatable bonds is 5. The fraction of sp³-hybridized carbons (Fsp3) is 0.750. The Kier molecular flexibility index (Phi) is 3.57. The molecule has 0 spiro atoms. The minimum atomic E-state index is 0.380. The van der Waals surface area contributed by atoms with E-state index < -0.39 is 0 Å². The number of aryl methyl sites for hydroxylation is 1. The number of nitrogens with one attached hydrogen (secondary N) is 2. The van der Waals surface area contributed by atoms with Gasteiger partial charge in [-0.3, -0.25) is 0 Å². The van der Waals surface area contributed by atoms with Crippen LogP contribution < -0.4 is 15.4 Å². The molecule has 5 nitrogen and oxygen atoms in total. The van der Waals surface area contributed by atoms with Crippen molar-refractivity contribution in [3.8, 4) is 5.88 Å². The maximum absolute atomic E-state index is 5.20. The third kappa shape index (κ3) is 2.54. The smallest absolute Gasteiger partial charge is 0.213 e. The van der Waals surface area contributed by atoms with Gasteiger partial charge in [-0.1, -0.05) is 6.92 Å². The van der Waals surface area contributed by atoms with Crippen molar-refractivity contribution in [1.29, 1.82) is 0 Å². The molecule has 0 radical (unpaired) electrons. The van der Waals surface area contributed by atoms with Crippen LogP contribution in [0.15, 0.2) is 6.07 Å². The van der Waals surface area contributed by atoms with Crippen molar-refractivity contribution in [2.45, 2.75) is 19.8 Å². The number of anilines is 1. The van der Waals surface area contributed by atoms with Crippen molar-refractivity contribution in [1.82, 2.24) is 15.1 Å². The Labute approximate surface area is 103 Å². The fourth-order valence-corrected chi connectivity index (χ4v) is 2.38. The lowest BCUT2D eigenvalue weighted by molar-refractivity contribution is 0.332. The zero-order chi connectivity index (χ0) is 12.3. The van der Waals surface area contributed by atoms with E-state index in [4.69, 9.17) is 4.74 Å². The first-order valence-corrected chi connectivity index (χ1v) is 6.22. The van der Waals surface area contributed by atoms with Crippen LogP contribution in [0.2, 0.25) is 0 Å². The largest absolute Gasteiger partial charge is 0.481 e. The molecular formula is C12H22N4O. The number of hydrogen-bond acceptors (Lipinski definition) is 4. The van der Waals surface area contributed by atoms with E-state index in [1.54, 1.807) is 11.8 Å². The van der Waals surface area contributed by atoms with E-state index in [0.717, 1.165) is 31.3 Å². The minimum absolute atomic E-state index is 0.380. The summed E-state index contributed by atoms with van der Waals surface area (Å²) in [5.74, 6) is 1.67. The lowest BCUT2D eigenvalue weighted by atomic mass is 9.84. The fourth-order valence-electron chi connectivity index (χ4n) is 2.38. The van der Waals surface area contributed by atoms with Crippen LogP contribution in [0.5, 0.6) is 5.88 Å². The molecule has 1 unspecified atom stereocenters. The lowest BCUT2D eigenvalue weighted by Crippen LogP contribution is -2.31. The third-order valence-electron chi connectivity index (χ3n) is 3.77. The summed E-state index contributed by atoms with van der Waals surface area (Å²) in [6.45, 7) is 5.45. The lowest BCUT2D eigenvalue weighted by Gasteiger charge is -2.26. The summed E-state index contributed by atoms with van der Waals surface area (Å²) < 4.78 is 6.94. The van der Waals surface area contributed by atoms with E-state index in [1.165, 1.54) is 12.8 Å². The van der Waals surface area contributed by atoms with Gasteiger partial charge >= 0.3 is 0 Å². The van der Waals surface area contributed by atoms with Crippen molar-refractivity contribution in [3.63, 3.8) is 0 Å². The molecule has 1 fully saturated rings. The second-order valence-corrected chi connectivity index (χ2v) is 4.83. The van der Waals surface area contributed by atoms with E-state index >= 15 is 0 Å². The number of nitrogens with zero attached hydrogens (tertiary/aromatic N) is 2. The van der Waals surface area contributed by atoms with Gasteiger partial charge in [-0.15, -0.1) is 0 Å². The van der Waals surface area contributed by atoms with Crippen molar-refractivity contribution in [2.75, 3.05) is 32.1 Å². The molecule has 1 aromatic rings. The molecule has 1 aromatic heterocycles. The molecule has 0 aromatic carbocycles. The molecule has 2 heterocycles. The molecule has 1 atom stereocenters. The first kappa shape index (κ1) is 12.2. The summed E-state index contributed by atoms with van der Waals surface area (Å²) in [5, 5.41) is 11.2. The van der Waals surface area contributed by atoms with Gasteiger partial charge in [-0.2, -0.15) is 5.10 Å². The molecule has 2 rings (SSSR count). The summed E-state index contributed by atoms with van der Waals surface area (Å²) in [6, 6.07) is 1.94.